The third-order valence-electron chi connectivity index (χ3n) is 5.37. The number of benzene rings is 2. The van der Waals surface area contributed by atoms with Crippen LogP contribution in [0.25, 0.3) is 11.3 Å². The van der Waals surface area contributed by atoms with Gasteiger partial charge in [-0.2, -0.15) is 5.10 Å². The smallest absolute Gasteiger partial charge is 0.222 e. The average Bonchev–Trinajstić information content (AvgIpc) is 3.09. The van der Waals surface area contributed by atoms with Gasteiger partial charge in [-0.3, -0.25) is 4.90 Å². The third-order valence-corrected chi connectivity index (χ3v) is 5.37. The zero-order valence-electron chi connectivity index (χ0n) is 19.0. The van der Waals surface area contributed by atoms with Crippen molar-refractivity contribution in [2.45, 2.75) is 52.2 Å². The Bertz CT molecular complexity index is 909. The van der Waals surface area contributed by atoms with Gasteiger partial charge >= 0.3 is 0 Å². The van der Waals surface area contributed by atoms with E-state index in [1.807, 2.05) is 60.3 Å². The normalized spacial score (nSPS) is 12.3. The molecule has 0 spiro atoms. The average molecular weight is 422 g/mol. The molecule has 3 rings (SSSR count). The summed E-state index contributed by atoms with van der Waals surface area (Å²) in [7, 11) is 1.93. The molecule has 0 aliphatic carbocycles. The summed E-state index contributed by atoms with van der Waals surface area (Å²) < 4.78 is 8.12. The molecule has 0 aliphatic heterocycles. The van der Waals surface area contributed by atoms with E-state index >= 15 is 0 Å². The molecule has 1 aromatic heterocycles. The van der Waals surface area contributed by atoms with Crippen LogP contribution in [0.3, 0.4) is 0 Å². The topological polar surface area (TPSA) is 50.5 Å². The number of unbranched alkanes of at least 4 members (excludes halogenated alkanes) is 1. The Morgan fingerprint density at radius 1 is 1.00 bits per heavy atom. The molecule has 5 nitrogen and oxygen atoms in total. The number of rotatable bonds is 12. The number of aliphatic hydroxyl groups is 1. The summed E-state index contributed by atoms with van der Waals surface area (Å²) in [6.07, 6.45) is 3.69. The van der Waals surface area contributed by atoms with Crippen molar-refractivity contribution in [3.8, 4) is 22.9 Å². The molecule has 0 bridgehead atoms. The highest BCUT2D eigenvalue weighted by Crippen LogP contribution is 2.34. The molecule has 0 radical (unpaired) electrons. The minimum Gasteiger partial charge on any atom is -0.439 e. The van der Waals surface area contributed by atoms with Gasteiger partial charge in [-0.15, -0.1) is 0 Å². The number of aryl methyl sites for hydroxylation is 1. The first-order valence-electron chi connectivity index (χ1n) is 11.4. The van der Waals surface area contributed by atoms with Crippen molar-refractivity contribution in [2.75, 3.05) is 13.1 Å². The molecule has 3 aromatic rings. The number of ether oxygens (including phenoxy) is 1. The Balaban J connectivity index is 1.94. The molecule has 166 valence electrons. The molecule has 0 amide bonds. The van der Waals surface area contributed by atoms with Crippen molar-refractivity contribution >= 4 is 0 Å². The van der Waals surface area contributed by atoms with Gasteiger partial charge in [-0.1, -0.05) is 75.2 Å². The number of aliphatic hydroxyl groups excluding tert-OH is 1. The van der Waals surface area contributed by atoms with Crippen molar-refractivity contribution in [1.82, 2.24) is 14.7 Å². The summed E-state index contributed by atoms with van der Waals surface area (Å²) in [5.41, 5.74) is 3.05. The Kier molecular flexibility index (Phi) is 8.68. The number of hydrogen-bond donors (Lipinski definition) is 1. The summed E-state index contributed by atoms with van der Waals surface area (Å²) in [5, 5.41) is 15.4. The molecule has 1 atom stereocenters. The fraction of sp³-hybridized carbons (Fsp3) is 0.423. The van der Waals surface area contributed by atoms with Gasteiger partial charge in [-0.25, -0.2) is 4.68 Å². The van der Waals surface area contributed by atoms with Gasteiger partial charge in [0.15, 0.2) is 0 Å². The van der Waals surface area contributed by atoms with Crippen LogP contribution in [0.2, 0.25) is 0 Å². The van der Waals surface area contributed by atoms with Crippen LogP contribution >= 0.6 is 0 Å². The van der Waals surface area contributed by atoms with E-state index in [2.05, 4.69) is 30.9 Å². The van der Waals surface area contributed by atoms with E-state index in [1.165, 1.54) is 0 Å². The lowest BCUT2D eigenvalue weighted by atomic mass is 10.1. The molecular formula is C26H35N3O2. The van der Waals surface area contributed by atoms with Crippen molar-refractivity contribution in [3.63, 3.8) is 0 Å². The van der Waals surface area contributed by atoms with Crippen molar-refractivity contribution in [1.29, 1.82) is 0 Å². The van der Waals surface area contributed by atoms with E-state index in [1.54, 1.807) is 0 Å². The maximum atomic E-state index is 10.6. The van der Waals surface area contributed by atoms with Gasteiger partial charge in [0, 0.05) is 25.7 Å². The molecule has 5 heteroatoms. The second-order valence-electron chi connectivity index (χ2n) is 8.07. The lowest BCUT2D eigenvalue weighted by Crippen LogP contribution is -2.33. The van der Waals surface area contributed by atoms with Crippen LogP contribution in [-0.2, 0) is 13.6 Å². The van der Waals surface area contributed by atoms with E-state index in [4.69, 9.17) is 9.84 Å². The summed E-state index contributed by atoms with van der Waals surface area (Å²) >= 11 is 0. The molecule has 1 heterocycles. The van der Waals surface area contributed by atoms with Gasteiger partial charge in [0.05, 0.1) is 11.7 Å². The molecule has 2 aromatic carbocycles. The first-order valence-corrected chi connectivity index (χ1v) is 11.4. The molecule has 0 saturated heterocycles. The lowest BCUT2D eigenvalue weighted by Gasteiger charge is -2.25. The molecular weight excluding hydrogens is 386 g/mol. The minimum atomic E-state index is -0.318. The first kappa shape index (κ1) is 23.0. The zero-order valence-corrected chi connectivity index (χ0v) is 19.0. The van der Waals surface area contributed by atoms with Crippen molar-refractivity contribution < 1.29 is 9.84 Å². The number of para-hydroxylation sites is 1. The van der Waals surface area contributed by atoms with Crippen LogP contribution < -0.4 is 4.74 Å². The molecule has 0 fully saturated rings. The monoisotopic (exact) mass is 421 g/mol. The molecule has 0 unspecified atom stereocenters. The van der Waals surface area contributed by atoms with Crippen LogP contribution in [0.5, 0.6) is 11.6 Å². The van der Waals surface area contributed by atoms with Gasteiger partial charge in [0.2, 0.25) is 5.88 Å². The van der Waals surface area contributed by atoms with Crippen LogP contribution in [0.4, 0.5) is 0 Å². The predicted octanol–water partition coefficient (Wildman–Crippen LogP) is 5.64. The van der Waals surface area contributed by atoms with Crippen LogP contribution in [0.1, 0.15) is 45.1 Å². The quantitative estimate of drug-likeness (QED) is 0.411. The standard InChI is InChI=1S/C26H35N3O2/c1-4-6-15-22(30)19-29(18-5-2)20-24-25(21-13-9-7-10-14-21)27-28(3)26(24)31-23-16-11-8-12-17-23/h7-14,16-17,22,30H,4-6,15,18-20H2,1-3H3/t22-/m1/s1. The number of nitrogens with zero attached hydrogens (tertiary/aromatic N) is 3. The summed E-state index contributed by atoms with van der Waals surface area (Å²) in [4.78, 5) is 2.32. The van der Waals surface area contributed by atoms with Crippen LogP contribution in [0, 0.1) is 0 Å². The summed E-state index contributed by atoms with van der Waals surface area (Å²) in [6, 6.07) is 20.1. The SMILES string of the molecule is CCCC[C@@H](O)CN(CCC)Cc1c(-c2ccccc2)nn(C)c1Oc1ccccc1. The lowest BCUT2D eigenvalue weighted by molar-refractivity contribution is 0.0992. The van der Waals surface area contributed by atoms with E-state index < -0.39 is 0 Å². The maximum Gasteiger partial charge on any atom is 0.222 e. The number of aromatic nitrogens is 2. The van der Waals surface area contributed by atoms with Gasteiger partial charge in [0.1, 0.15) is 11.4 Å². The number of hydrogen-bond acceptors (Lipinski definition) is 4. The van der Waals surface area contributed by atoms with E-state index in [0.29, 0.717) is 13.1 Å². The molecule has 0 saturated carbocycles. The highest BCUT2D eigenvalue weighted by atomic mass is 16.5. The van der Waals surface area contributed by atoms with Gasteiger partial charge < -0.3 is 9.84 Å². The largest absolute Gasteiger partial charge is 0.439 e. The van der Waals surface area contributed by atoms with Gasteiger partial charge in [-0.05, 0) is 31.5 Å². The second-order valence-corrected chi connectivity index (χ2v) is 8.07. The van der Waals surface area contributed by atoms with Crippen LogP contribution in [-0.4, -0.2) is 39.0 Å². The second kappa shape index (κ2) is 11.7. The Morgan fingerprint density at radius 2 is 1.68 bits per heavy atom. The molecule has 1 N–H and O–H groups in total. The maximum absolute atomic E-state index is 10.6. The van der Waals surface area contributed by atoms with Gasteiger partial charge in [0.25, 0.3) is 0 Å². The minimum absolute atomic E-state index is 0.318. The van der Waals surface area contributed by atoms with Crippen molar-refractivity contribution in [2.24, 2.45) is 7.05 Å². The van der Waals surface area contributed by atoms with E-state index in [0.717, 1.165) is 60.7 Å². The first-order chi connectivity index (χ1) is 15.1. The predicted molar refractivity (Wildman–Crippen MR) is 126 cm³/mol. The van der Waals surface area contributed by atoms with Crippen molar-refractivity contribution in [3.05, 3.63) is 66.2 Å². The fourth-order valence-corrected chi connectivity index (χ4v) is 3.85. The Labute approximate surface area is 186 Å². The zero-order chi connectivity index (χ0) is 22.1. The highest BCUT2D eigenvalue weighted by molar-refractivity contribution is 5.65. The third kappa shape index (κ3) is 6.42. The molecule has 0 aliphatic rings. The van der Waals surface area contributed by atoms with E-state index in [9.17, 15) is 5.11 Å². The summed E-state index contributed by atoms with van der Waals surface area (Å²) in [5.74, 6) is 1.53. The fourth-order valence-electron chi connectivity index (χ4n) is 3.85. The summed E-state index contributed by atoms with van der Waals surface area (Å²) in [6.45, 7) is 6.58. The Morgan fingerprint density at radius 3 is 2.32 bits per heavy atom. The Hall–Kier alpha value is -2.63. The highest BCUT2D eigenvalue weighted by Gasteiger charge is 2.23. The molecule has 31 heavy (non-hydrogen) atoms. The van der Waals surface area contributed by atoms with E-state index in [-0.39, 0.29) is 6.10 Å². The van der Waals surface area contributed by atoms with Crippen LogP contribution in [0.15, 0.2) is 60.7 Å².